The number of rotatable bonds is 2. The number of nitrogens with zero attached hydrogens (tertiary/aromatic N) is 3. The van der Waals surface area contributed by atoms with Crippen molar-refractivity contribution in [1.82, 2.24) is 20.6 Å². The van der Waals surface area contributed by atoms with Crippen LogP contribution in [0.25, 0.3) is 0 Å². The molecule has 1 saturated heterocycles. The van der Waals surface area contributed by atoms with Gasteiger partial charge in [0, 0.05) is 42.8 Å². The van der Waals surface area contributed by atoms with Gasteiger partial charge >= 0.3 is 0 Å². The van der Waals surface area contributed by atoms with Gasteiger partial charge in [0.25, 0.3) is 5.91 Å². The van der Waals surface area contributed by atoms with Crippen LogP contribution in [-0.2, 0) is 17.7 Å². The molecule has 5 rings (SSSR count). The normalized spacial score (nSPS) is 20.6. The minimum Gasteiger partial charge on any atom is -0.337 e. The Morgan fingerprint density at radius 1 is 1.14 bits per heavy atom. The molecule has 1 amide bonds. The molecule has 1 aromatic heterocycles. The molecule has 3 aliphatic rings. The molecule has 146 valence electrons. The number of amides is 1. The number of carbonyl (C=O) groups excluding carboxylic acids is 1. The molecule has 0 unspecified atom stereocenters. The molecule has 1 aliphatic carbocycles. The number of aryl methyl sites for hydroxylation is 2. The number of hydroxylamine groups is 1. The Morgan fingerprint density at radius 2 is 1.89 bits per heavy atom. The van der Waals surface area contributed by atoms with Crippen LogP contribution < -0.4 is 5.48 Å². The molecule has 28 heavy (non-hydrogen) atoms. The van der Waals surface area contributed by atoms with Crippen LogP contribution >= 0.6 is 0 Å². The van der Waals surface area contributed by atoms with Crippen LogP contribution in [0.4, 0.5) is 0 Å². The van der Waals surface area contributed by atoms with Crippen LogP contribution in [0.15, 0.2) is 29.3 Å². The molecular formula is C21H25N5O2. The second-order valence-corrected chi connectivity index (χ2v) is 8.01. The molecule has 7 heteroatoms. The van der Waals surface area contributed by atoms with Crippen molar-refractivity contribution in [3.63, 3.8) is 0 Å². The standard InChI is InChI=1S/C21H25N5O2/c1-14-6-8-15(9-7-14)19-22-21(28-25-19)10-12-26(13-11-21)20(27)18-16-4-2-3-5-17(16)23-24-18/h6-9H,2-5,10-13H2,1H3,(H,22,25)(H,23,24). The molecule has 1 spiro atoms. The fraction of sp³-hybridized carbons (Fsp3) is 0.476. The van der Waals surface area contributed by atoms with Gasteiger partial charge < -0.3 is 4.90 Å². The van der Waals surface area contributed by atoms with E-state index >= 15 is 0 Å². The largest absolute Gasteiger partial charge is 0.337 e. The van der Waals surface area contributed by atoms with Gasteiger partial charge in [-0.3, -0.25) is 9.89 Å². The summed E-state index contributed by atoms with van der Waals surface area (Å²) in [7, 11) is 0. The van der Waals surface area contributed by atoms with E-state index in [1.54, 1.807) is 0 Å². The van der Waals surface area contributed by atoms with E-state index in [1.165, 1.54) is 12.0 Å². The molecular weight excluding hydrogens is 354 g/mol. The zero-order valence-corrected chi connectivity index (χ0v) is 16.1. The second kappa shape index (κ2) is 6.74. The zero-order valence-electron chi connectivity index (χ0n) is 16.1. The van der Waals surface area contributed by atoms with Crippen molar-refractivity contribution in [3.8, 4) is 0 Å². The van der Waals surface area contributed by atoms with Gasteiger partial charge in [-0.2, -0.15) is 5.10 Å². The van der Waals surface area contributed by atoms with Crippen LogP contribution in [0.2, 0.25) is 0 Å². The van der Waals surface area contributed by atoms with Gasteiger partial charge in [-0.15, -0.1) is 0 Å². The molecule has 1 aromatic carbocycles. The van der Waals surface area contributed by atoms with Crippen molar-refractivity contribution in [1.29, 1.82) is 0 Å². The van der Waals surface area contributed by atoms with Crippen molar-refractivity contribution >= 4 is 11.7 Å². The van der Waals surface area contributed by atoms with E-state index in [1.807, 2.05) is 17.0 Å². The van der Waals surface area contributed by atoms with Gasteiger partial charge in [-0.05, 0) is 32.6 Å². The third-order valence-corrected chi connectivity index (χ3v) is 6.07. The predicted octanol–water partition coefficient (Wildman–Crippen LogP) is 2.51. The number of nitrogens with one attached hydrogen (secondary N) is 2. The molecule has 7 nitrogen and oxygen atoms in total. The maximum Gasteiger partial charge on any atom is 0.274 e. The molecule has 0 radical (unpaired) electrons. The highest BCUT2D eigenvalue weighted by atomic mass is 16.7. The van der Waals surface area contributed by atoms with Crippen molar-refractivity contribution in [2.45, 2.75) is 51.2 Å². The quantitative estimate of drug-likeness (QED) is 0.840. The fourth-order valence-corrected chi connectivity index (χ4v) is 4.31. The van der Waals surface area contributed by atoms with Crippen LogP contribution in [-0.4, -0.2) is 45.7 Å². The zero-order chi connectivity index (χ0) is 19.1. The fourth-order valence-electron chi connectivity index (χ4n) is 4.31. The number of likely N-dealkylation sites (tertiary alicyclic amines) is 1. The van der Waals surface area contributed by atoms with E-state index in [9.17, 15) is 4.79 Å². The monoisotopic (exact) mass is 379 g/mol. The summed E-state index contributed by atoms with van der Waals surface area (Å²) < 4.78 is 0. The number of hydrogen-bond acceptors (Lipinski definition) is 5. The number of amidine groups is 1. The number of H-pyrrole nitrogens is 1. The average molecular weight is 379 g/mol. The Bertz CT molecular complexity index is 923. The highest BCUT2D eigenvalue weighted by molar-refractivity contribution is 5.99. The van der Waals surface area contributed by atoms with E-state index < -0.39 is 5.72 Å². The number of carbonyl (C=O) groups is 1. The smallest absolute Gasteiger partial charge is 0.274 e. The third-order valence-electron chi connectivity index (χ3n) is 6.07. The summed E-state index contributed by atoms with van der Waals surface area (Å²) in [4.78, 5) is 25.6. The first-order chi connectivity index (χ1) is 13.6. The maximum atomic E-state index is 13.0. The SMILES string of the molecule is Cc1ccc(C2=NC3(CCN(C(=O)c4n[nH]c5c4CCCC5)CC3)ON2)cc1. The van der Waals surface area contributed by atoms with Gasteiger partial charge in [0.05, 0.1) is 0 Å². The summed E-state index contributed by atoms with van der Waals surface area (Å²) in [6.45, 7) is 3.30. The number of benzene rings is 1. The molecule has 1 fully saturated rings. The number of aromatic nitrogens is 2. The van der Waals surface area contributed by atoms with Crippen LogP contribution in [0, 0.1) is 6.92 Å². The molecule has 2 aromatic rings. The molecule has 0 saturated carbocycles. The number of aliphatic imine (C=N–C) groups is 1. The summed E-state index contributed by atoms with van der Waals surface area (Å²) >= 11 is 0. The Morgan fingerprint density at radius 3 is 2.68 bits per heavy atom. The lowest BCUT2D eigenvalue weighted by Crippen LogP contribution is -2.47. The van der Waals surface area contributed by atoms with Gasteiger partial charge in [-0.25, -0.2) is 15.3 Å². The third kappa shape index (κ3) is 2.99. The molecule has 3 heterocycles. The number of piperidine rings is 1. The first-order valence-electron chi connectivity index (χ1n) is 10.1. The highest BCUT2D eigenvalue weighted by Crippen LogP contribution is 2.32. The molecule has 2 N–H and O–H groups in total. The van der Waals surface area contributed by atoms with Gasteiger partial charge in [0.15, 0.2) is 17.3 Å². The summed E-state index contributed by atoms with van der Waals surface area (Å²) in [5.74, 6) is 0.795. The topological polar surface area (TPSA) is 82.6 Å². The van der Waals surface area contributed by atoms with E-state index in [4.69, 9.17) is 9.83 Å². The van der Waals surface area contributed by atoms with Crippen LogP contribution in [0.5, 0.6) is 0 Å². The summed E-state index contributed by atoms with van der Waals surface area (Å²) in [6.07, 6.45) is 5.59. The van der Waals surface area contributed by atoms with Gasteiger partial charge in [0.1, 0.15) is 0 Å². The first-order valence-corrected chi connectivity index (χ1v) is 10.1. The van der Waals surface area contributed by atoms with Crippen molar-refractivity contribution in [2.75, 3.05) is 13.1 Å². The maximum absolute atomic E-state index is 13.0. The Hall–Kier alpha value is -2.67. The van der Waals surface area contributed by atoms with E-state index in [-0.39, 0.29) is 5.91 Å². The van der Waals surface area contributed by atoms with Crippen molar-refractivity contribution in [2.24, 2.45) is 4.99 Å². The van der Waals surface area contributed by atoms with Gasteiger partial charge in [-0.1, -0.05) is 29.8 Å². The number of hydrogen-bond donors (Lipinski definition) is 2. The van der Waals surface area contributed by atoms with Crippen molar-refractivity contribution in [3.05, 3.63) is 52.3 Å². The van der Waals surface area contributed by atoms with Gasteiger partial charge in [0.2, 0.25) is 0 Å². The first kappa shape index (κ1) is 17.4. The van der Waals surface area contributed by atoms with E-state index in [2.05, 4.69) is 34.7 Å². The Balaban J connectivity index is 1.28. The number of fused-ring (bicyclic) bond motifs is 1. The van der Waals surface area contributed by atoms with E-state index in [0.29, 0.717) is 31.6 Å². The Labute approximate surface area is 164 Å². The highest BCUT2D eigenvalue weighted by Gasteiger charge is 2.42. The minimum absolute atomic E-state index is 0.0305. The lowest BCUT2D eigenvalue weighted by molar-refractivity contribution is -0.0850. The van der Waals surface area contributed by atoms with E-state index in [0.717, 1.165) is 41.9 Å². The Kier molecular flexibility index (Phi) is 4.19. The molecule has 0 bridgehead atoms. The van der Waals surface area contributed by atoms with Crippen LogP contribution in [0.1, 0.15) is 58.6 Å². The van der Waals surface area contributed by atoms with Crippen LogP contribution in [0.3, 0.4) is 0 Å². The number of aromatic amines is 1. The molecule has 0 atom stereocenters. The average Bonchev–Trinajstić information content (AvgIpc) is 3.34. The lowest BCUT2D eigenvalue weighted by atomic mass is 9.95. The minimum atomic E-state index is -0.581. The second-order valence-electron chi connectivity index (χ2n) is 8.01. The van der Waals surface area contributed by atoms with Crippen molar-refractivity contribution < 1.29 is 9.63 Å². The lowest BCUT2D eigenvalue weighted by Gasteiger charge is -2.35. The summed E-state index contributed by atoms with van der Waals surface area (Å²) in [6, 6.07) is 8.22. The molecule has 2 aliphatic heterocycles. The summed E-state index contributed by atoms with van der Waals surface area (Å²) in [5, 5.41) is 7.40. The predicted molar refractivity (Wildman–Crippen MR) is 105 cm³/mol. The summed E-state index contributed by atoms with van der Waals surface area (Å²) in [5.41, 5.74) is 7.51.